The van der Waals surface area contributed by atoms with Gasteiger partial charge in [0.1, 0.15) is 5.75 Å². The van der Waals surface area contributed by atoms with Gasteiger partial charge in [0.2, 0.25) is 0 Å². The average Bonchev–Trinajstić information content (AvgIpc) is 2.26. The highest BCUT2D eigenvalue weighted by Gasteiger charge is 2.02. The molecule has 3 N–H and O–H groups in total. The standard InChI is InChI=1S/C13H22N2O2/c1-11(16)10-15(2)8-3-9-17-13-6-4-12(14)5-7-13/h4-7,11,16H,3,8-10,14H2,1-2H3. The minimum atomic E-state index is -0.280. The second-order valence-electron chi connectivity index (χ2n) is 4.38. The molecule has 1 rings (SSSR count). The van der Waals surface area contributed by atoms with E-state index in [9.17, 15) is 5.11 Å². The smallest absolute Gasteiger partial charge is 0.119 e. The van der Waals surface area contributed by atoms with Gasteiger partial charge in [0.05, 0.1) is 12.7 Å². The Bertz CT molecular complexity index is 312. The van der Waals surface area contributed by atoms with Gasteiger partial charge in [-0.05, 0) is 44.7 Å². The summed E-state index contributed by atoms with van der Waals surface area (Å²) in [7, 11) is 2.00. The first kappa shape index (κ1) is 13.8. The topological polar surface area (TPSA) is 58.7 Å². The highest BCUT2D eigenvalue weighted by atomic mass is 16.5. The molecule has 0 aliphatic carbocycles. The number of likely N-dealkylation sites (N-methyl/N-ethyl adjacent to an activating group) is 1. The molecule has 0 radical (unpaired) electrons. The predicted octanol–water partition coefficient (Wildman–Crippen LogP) is 1.35. The van der Waals surface area contributed by atoms with Crippen LogP contribution in [0.3, 0.4) is 0 Å². The Morgan fingerprint density at radius 1 is 1.35 bits per heavy atom. The minimum Gasteiger partial charge on any atom is -0.494 e. The van der Waals surface area contributed by atoms with E-state index in [-0.39, 0.29) is 6.10 Å². The molecule has 0 bridgehead atoms. The molecule has 1 unspecified atom stereocenters. The van der Waals surface area contributed by atoms with Crippen molar-refractivity contribution >= 4 is 5.69 Å². The van der Waals surface area contributed by atoms with Crippen molar-refractivity contribution in [3.05, 3.63) is 24.3 Å². The van der Waals surface area contributed by atoms with Gasteiger partial charge in [-0.15, -0.1) is 0 Å². The first-order chi connectivity index (χ1) is 8.08. The lowest BCUT2D eigenvalue weighted by Gasteiger charge is -2.18. The van der Waals surface area contributed by atoms with E-state index < -0.39 is 0 Å². The first-order valence-electron chi connectivity index (χ1n) is 5.93. The Kier molecular flexibility index (Phi) is 5.80. The van der Waals surface area contributed by atoms with Gasteiger partial charge in [0, 0.05) is 18.8 Å². The molecule has 0 saturated heterocycles. The third kappa shape index (κ3) is 6.14. The maximum absolute atomic E-state index is 9.20. The number of anilines is 1. The van der Waals surface area contributed by atoms with Gasteiger partial charge in [-0.1, -0.05) is 0 Å². The molecule has 1 aromatic carbocycles. The van der Waals surface area contributed by atoms with E-state index in [0.717, 1.165) is 24.4 Å². The lowest BCUT2D eigenvalue weighted by molar-refractivity contribution is 0.137. The minimum absolute atomic E-state index is 0.280. The molecular formula is C13H22N2O2. The van der Waals surface area contributed by atoms with Crippen LogP contribution < -0.4 is 10.5 Å². The number of aliphatic hydroxyl groups excluding tert-OH is 1. The van der Waals surface area contributed by atoms with Crippen LogP contribution in [0, 0.1) is 0 Å². The van der Waals surface area contributed by atoms with Crippen molar-refractivity contribution < 1.29 is 9.84 Å². The van der Waals surface area contributed by atoms with E-state index >= 15 is 0 Å². The summed E-state index contributed by atoms with van der Waals surface area (Å²) in [6.07, 6.45) is 0.658. The van der Waals surface area contributed by atoms with Gasteiger partial charge in [-0.3, -0.25) is 0 Å². The Hall–Kier alpha value is -1.26. The van der Waals surface area contributed by atoms with Gasteiger partial charge < -0.3 is 20.5 Å². The molecule has 1 aromatic rings. The molecule has 0 heterocycles. The zero-order chi connectivity index (χ0) is 12.7. The number of nitrogens with two attached hydrogens (primary N) is 1. The Morgan fingerprint density at radius 2 is 2.00 bits per heavy atom. The fourth-order valence-corrected chi connectivity index (χ4v) is 1.63. The number of rotatable bonds is 7. The van der Waals surface area contributed by atoms with Crippen LogP contribution >= 0.6 is 0 Å². The van der Waals surface area contributed by atoms with Crippen molar-refractivity contribution in [3.8, 4) is 5.75 Å². The first-order valence-corrected chi connectivity index (χ1v) is 5.93. The second kappa shape index (κ2) is 7.14. The quantitative estimate of drug-likeness (QED) is 0.556. The van der Waals surface area contributed by atoms with E-state index in [1.54, 1.807) is 6.92 Å². The van der Waals surface area contributed by atoms with E-state index in [4.69, 9.17) is 10.5 Å². The van der Waals surface area contributed by atoms with Gasteiger partial charge in [-0.2, -0.15) is 0 Å². The fourth-order valence-electron chi connectivity index (χ4n) is 1.63. The molecule has 17 heavy (non-hydrogen) atoms. The van der Waals surface area contributed by atoms with Crippen LogP contribution in [-0.2, 0) is 0 Å². The molecule has 0 amide bonds. The number of hydrogen-bond acceptors (Lipinski definition) is 4. The lowest BCUT2D eigenvalue weighted by atomic mass is 10.3. The summed E-state index contributed by atoms with van der Waals surface area (Å²) in [5.74, 6) is 0.845. The molecule has 0 saturated carbocycles. The Balaban J connectivity index is 2.13. The zero-order valence-corrected chi connectivity index (χ0v) is 10.6. The van der Waals surface area contributed by atoms with Crippen molar-refractivity contribution in [3.63, 3.8) is 0 Å². The van der Waals surface area contributed by atoms with E-state index in [1.807, 2.05) is 31.3 Å². The van der Waals surface area contributed by atoms with Crippen molar-refractivity contribution in [2.75, 3.05) is 32.5 Å². The van der Waals surface area contributed by atoms with Crippen LogP contribution in [0.4, 0.5) is 5.69 Å². The highest BCUT2D eigenvalue weighted by molar-refractivity contribution is 5.41. The fraction of sp³-hybridized carbons (Fsp3) is 0.538. The maximum atomic E-state index is 9.20. The van der Waals surface area contributed by atoms with Crippen LogP contribution in [0.2, 0.25) is 0 Å². The summed E-state index contributed by atoms with van der Waals surface area (Å²) in [5.41, 5.74) is 6.33. The number of hydrogen-bond donors (Lipinski definition) is 2. The van der Waals surface area contributed by atoms with Crippen molar-refractivity contribution in [2.45, 2.75) is 19.4 Å². The van der Waals surface area contributed by atoms with Gasteiger partial charge >= 0.3 is 0 Å². The molecule has 0 aromatic heterocycles. The van der Waals surface area contributed by atoms with E-state index in [0.29, 0.717) is 13.2 Å². The summed E-state index contributed by atoms with van der Waals surface area (Å²) >= 11 is 0. The number of nitrogens with zero attached hydrogens (tertiary/aromatic N) is 1. The summed E-state index contributed by atoms with van der Waals surface area (Å²) in [5, 5.41) is 9.20. The SMILES string of the molecule is CC(O)CN(C)CCCOc1ccc(N)cc1. The number of aliphatic hydroxyl groups is 1. The molecule has 0 fully saturated rings. The molecular weight excluding hydrogens is 216 g/mol. The molecule has 96 valence electrons. The highest BCUT2D eigenvalue weighted by Crippen LogP contribution is 2.13. The summed E-state index contributed by atoms with van der Waals surface area (Å²) in [4.78, 5) is 2.09. The van der Waals surface area contributed by atoms with Gasteiger partial charge in [-0.25, -0.2) is 0 Å². The normalized spacial score (nSPS) is 12.7. The third-order valence-electron chi connectivity index (χ3n) is 2.41. The van der Waals surface area contributed by atoms with Gasteiger partial charge in [0.15, 0.2) is 0 Å². The second-order valence-corrected chi connectivity index (χ2v) is 4.38. The predicted molar refractivity (Wildman–Crippen MR) is 70.1 cm³/mol. The molecule has 0 spiro atoms. The van der Waals surface area contributed by atoms with E-state index in [1.165, 1.54) is 0 Å². The molecule has 4 nitrogen and oxygen atoms in total. The van der Waals surface area contributed by atoms with Crippen LogP contribution in [-0.4, -0.2) is 42.9 Å². The summed E-state index contributed by atoms with van der Waals surface area (Å²) in [6.45, 7) is 4.08. The Labute approximate surface area is 103 Å². The maximum Gasteiger partial charge on any atom is 0.119 e. The largest absolute Gasteiger partial charge is 0.494 e. The van der Waals surface area contributed by atoms with Crippen LogP contribution in [0.5, 0.6) is 5.75 Å². The molecule has 0 aliphatic rings. The van der Waals surface area contributed by atoms with Crippen LogP contribution in [0.15, 0.2) is 24.3 Å². The lowest BCUT2D eigenvalue weighted by Crippen LogP contribution is -2.28. The van der Waals surface area contributed by atoms with E-state index in [2.05, 4.69) is 4.90 Å². The Morgan fingerprint density at radius 3 is 2.59 bits per heavy atom. The van der Waals surface area contributed by atoms with Crippen molar-refractivity contribution in [1.29, 1.82) is 0 Å². The monoisotopic (exact) mass is 238 g/mol. The summed E-state index contributed by atoms with van der Waals surface area (Å²) < 4.78 is 5.57. The number of ether oxygens (including phenoxy) is 1. The summed E-state index contributed by atoms with van der Waals surface area (Å²) in [6, 6.07) is 7.40. The molecule has 1 atom stereocenters. The van der Waals surface area contributed by atoms with Crippen molar-refractivity contribution in [1.82, 2.24) is 4.90 Å². The van der Waals surface area contributed by atoms with Crippen LogP contribution in [0.25, 0.3) is 0 Å². The van der Waals surface area contributed by atoms with Crippen molar-refractivity contribution in [2.24, 2.45) is 0 Å². The number of benzene rings is 1. The molecule has 0 aliphatic heterocycles. The van der Waals surface area contributed by atoms with Gasteiger partial charge in [0.25, 0.3) is 0 Å². The third-order valence-corrected chi connectivity index (χ3v) is 2.41. The average molecular weight is 238 g/mol. The zero-order valence-electron chi connectivity index (χ0n) is 10.6. The number of nitrogen functional groups attached to an aromatic ring is 1. The van der Waals surface area contributed by atoms with Crippen LogP contribution in [0.1, 0.15) is 13.3 Å². The molecule has 4 heteroatoms.